The normalized spacial score (nSPS) is 11.6. The van der Waals surface area contributed by atoms with Crippen LogP contribution in [0.1, 0.15) is 52.8 Å². The van der Waals surface area contributed by atoms with E-state index in [2.05, 4.69) is 10.6 Å². The molecule has 12 heteroatoms. The van der Waals surface area contributed by atoms with E-state index in [-0.39, 0.29) is 11.8 Å². The standard InChI is InChI=1S/C23H24Cl6N2O4/c24-22(25,26)34-18-10-6-16(7-11-18)20(32)30-14-4-2-1-3-5-15-31-21(33)17-8-12-19(13-9-17)35-23(27,28)29/h6-13H,1-5,14-15H2,(H,30,32)(H,31,33). The first-order valence-electron chi connectivity index (χ1n) is 10.7. The third-order valence-corrected chi connectivity index (χ3v) is 5.09. The maximum absolute atomic E-state index is 12.2. The number of halogens is 6. The van der Waals surface area contributed by atoms with Crippen molar-refractivity contribution in [3.8, 4) is 11.5 Å². The molecule has 0 spiro atoms. The molecule has 0 atom stereocenters. The second-order valence-corrected chi connectivity index (χ2v) is 11.8. The molecule has 2 rings (SSSR count). The maximum Gasteiger partial charge on any atom is 0.338 e. The Kier molecular flexibility index (Phi) is 12.4. The second kappa shape index (κ2) is 14.5. The fraction of sp³-hybridized carbons (Fsp3) is 0.391. The smallest absolute Gasteiger partial charge is 0.338 e. The average Bonchev–Trinajstić information content (AvgIpc) is 2.76. The van der Waals surface area contributed by atoms with Crippen LogP contribution in [0.15, 0.2) is 48.5 Å². The van der Waals surface area contributed by atoms with Crippen molar-refractivity contribution in [1.29, 1.82) is 0 Å². The number of rotatable bonds is 12. The largest absolute Gasteiger partial charge is 0.446 e. The molecule has 0 saturated carbocycles. The summed E-state index contributed by atoms with van der Waals surface area (Å²) in [7, 11) is 0. The van der Waals surface area contributed by atoms with Gasteiger partial charge in [-0.25, -0.2) is 0 Å². The van der Waals surface area contributed by atoms with E-state index < -0.39 is 7.96 Å². The lowest BCUT2D eigenvalue weighted by Gasteiger charge is -2.13. The summed E-state index contributed by atoms with van der Waals surface area (Å²) < 4.78 is 6.43. The lowest BCUT2D eigenvalue weighted by molar-refractivity contribution is 0.0945. The zero-order chi connectivity index (χ0) is 25.9. The van der Waals surface area contributed by atoms with Crippen molar-refractivity contribution in [2.45, 2.75) is 40.1 Å². The fourth-order valence-corrected chi connectivity index (χ4v) is 3.54. The van der Waals surface area contributed by atoms with Crippen LogP contribution in [-0.4, -0.2) is 32.9 Å². The summed E-state index contributed by atoms with van der Waals surface area (Å²) >= 11 is 33.4. The Hall–Kier alpha value is -1.28. The van der Waals surface area contributed by atoms with Crippen LogP contribution in [0.3, 0.4) is 0 Å². The summed E-state index contributed by atoms with van der Waals surface area (Å²) in [4.78, 5) is 24.4. The van der Waals surface area contributed by atoms with E-state index in [1.54, 1.807) is 48.5 Å². The molecule has 192 valence electrons. The van der Waals surface area contributed by atoms with Crippen LogP contribution in [0.25, 0.3) is 0 Å². The maximum atomic E-state index is 12.2. The van der Waals surface area contributed by atoms with Crippen molar-refractivity contribution >= 4 is 81.4 Å². The Balaban J connectivity index is 1.53. The molecule has 0 aliphatic carbocycles. The number of unbranched alkanes of at least 4 members (excludes halogenated alkanes) is 4. The molecule has 0 heterocycles. The van der Waals surface area contributed by atoms with Crippen molar-refractivity contribution in [1.82, 2.24) is 10.6 Å². The summed E-state index contributed by atoms with van der Waals surface area (Å²) in [5, 5.41) is 5.74. The van der Waals surface area contributed by atoms with Gasteiger partial charge in [-0.05, 0) is 131 Å². The first-order valence-corrected chi connectivity index (χ1v) is 13.0. The number of amides is 2. The fourth-order valence-electron chi connectivity index (χ4n) is 3.00. The summed E-state index contributed by atoms with van der Waals surface area (Å²) in [6.07, 6.45) is 4.64. The molecule has 2 aromatic carbocycles. The van der Waals surface area contributed by atoms with Gasteiger partial charge in [-0.15, -0.1) is 0 Å². The highest BCUT2D eigenvalue weighted by atomic mass is 35.6. The summed E-state index contributed by atoms with van der Waals surface area (Å²) in [5.41, 5.74) is 0.981. The number of benzene rings is 2. The SMILES string of the molecule is O=C(NCCCCCCCNC(=O)c1ccc(OC(Cl)(Cl)Cl)cc1)c1ccc(OC(Cl)(Cl)Cl)cc1. The molecule has 2 aromatic rings. The Morgan fingerprint density at radius 2 is 0.886 bits per heavy atom. The first-order chi connectivity index (χ1) is 16.4. The number of nitrogens with one attached hydrogen (secondary N) is 2. The van der Waals surface area contributed by atoms with Crippen molar-refractivity contribution in [3.05, 3.63) is 59.7 Å². The van der Waals surface area contributed by atoms with Crippen LogP contribution in [0.5, 0.6) is 11.5 Å². The van der Waals surface area contributed by atoms with Crippen molar-refractivity contribution in [2.75, 3.05) is 13.1 Å². The Bertz CT molecular complexity index is 867. The van der Waals surface area contributed by atoms with Crippen LogP contribution < -0.4 is 20.1 Å². The predicted octanol–water partition coefficient (Wildman–Crippen LogP) is 7.21. The highest BCUT2D eigenvalue weighted by molar-refractivity contribution is 6.66. The zero-order valence-corrected chi connectivity index (χ0v) is 23.0. The highest BCUT2D eigenvalue weighted by Gasteiger charge is 2.22. The molecule has 2 amide bonds. The lowest BCUT2D eigenvalue weighted by atomic mass is 10.1. The molecule has 0 radical (unpaired) electrons. The minimum absolute atomic E-state index is 0.181. The Morgan fingerprint density at radius 1 is 0.571 bits per heavy atom. The van der Waals surface area contributed by atoms with Gasteiger partial charge in [0.1, 0.15) is 11.5 Å². The third-order valence-electron chi connectivity index (χ3n) is 4.62. The monoisotopic (exact) mass is 602 g/mol. The quantitative estimate of drug-likeness (QED) is 0.198. The van der Waals surface area contributed by atoms with E-state index in [0.29, 0.717) is 35.7 Å². The minimum atomic E-state index is -1.85. The van der Waals surface area contributed by atoms with Crippen molar-refractivity contribution < 1.29 is 19.1 Å². The van der Waals surface area contributed by atoms with Crippen LogP contribution in [-0.2, 0) is 0 Å². The molecule has 2 N–H and O–H groups in total. The van der Waals surface area contributed by atoms with E-state index in [1.165, 1.54) is 0 Å². The van der Waals surface area contributed by atoms with Crippen LogP contribution >= 0.6 is 69.6 Å². The number of carbonyl (C=O) groups excluding carboxylic acids is 2. The molecule has 0 aliphatic rings. The molecule has 0 fully saturated rings. The molecule has 6 nitrogen and oxygen atoms in total. The van der Waals surface area contributed by atoms with E-state index in [0.717, 1.165) is 32.1 Å². The lowest BCUT2D eigenvalue weighted by Crippen LogP contribution is -2.24. The van der Waals surface area contributed by atoms with E-state index >= 15 is 0 Å². The van der Waals surface area contributed by atoms with Gasteiger partial charge in [0, 0.05) is 24.2 Å². The first kappa shape index (κ1) is 29.9. The summed E-state index contributed by atoms with van der Waals surface area (Å²) in [6, 6.07) is 12.6. The molecule has 0 aliphatic heterocycles. The van der Waals surface area contributed by atoms with E-state index in [4.69, 9.17) is 79.1 Å². The molecule has 0 unspecified atom stereocenters. The highest BCUT2D eigenvalue weighted by Crippen LogP contribution is 2.31. The third kappa shape index (κ3) is 13.0. The van der Waals surface area contributed by atoms with Crippen LogP contribution in [0.2, 0.25) is 0 Å². The summed E-state index contributed by atoms with van der Waals surface area (Å²) in [6.45, 7) is 1.14. The van der Waals surface area contributed by atoms with Gasteiger partial charge in [0.2, 0.25) is 0 Å². The number of carbonyl (C=O) groups is 2. The number of alkyl halides is 6. The molecular weight excluding hydrogens is 581 g/mol. The predicted molar refractivity (Wildman–Crippen MR) is 142 cm³/mol. The molecule has 0 aromatic heterocycles. The molecular formula is C23H24Cl6N2O4. The van der Waals surface area contributed by atoms with Gasteiger partial charge in [-0.2, -0.15) is 0 Å². The number of hydrogen-bond donors (Lipinski definition) is 2. The average molecular weight is 605 g/mol. The van der Waals surface area contributed by atoms with Crippen LogP contribution in [0, 0.1) is 0 Å². The number of hydrogen-bond acceptors (Lipinski definition) is 4. The van der Waals surface area contributed by atoms with Gasteiger partial charge in [0.05, 0.1) is 0 Å². The zero-order valence-electron chi connectivity index (χ0n) is 18.5. The van der Waals surface area contributed by atoms with Gasteiger partial charge in [0.15, 0.2) is 0 Å². The summed E-state index contributed by atoms with van der Waals surface area (Å²) in [5.74, 6) is 0.337. The van der Waals surface area contributed by atoms with E-state index in [1.807, 2.05) is 0 Å². The number of ether oxygens (including phenoxy) is 2. The van der Waals surface area contributed by atoms with Crippen molar-refractivity contribution in [2.24, 2.45) is 0 Å². The minimum Gasteiger partial charge on any atom is -0.446 e. The Labute approximate surface area is 234 Å². The van der Waals surface area contributed by atoms with Crippen LogP contribution in [0.4, 0.5) is 0 Å². The Morgan fingerprint density at radius 3 is 1.20 bits per heavy atom. The molecule has 0 bridgehead atoms. The van der Waals surface area contributed by atoms with E-state index in [9.17, 15) is 9.59 Å². The van der Waals surface area contributed by atoms with Gasteiger partial charge in [0.25, 0.3) is 11.8 Å². The molecule has 0 saturated heterocycles. The second-order valence-electron chi connectivity index (χ2n) is 7.42. The van der Waals surface area contributed by atoms with Crippen molar-refractivity contribution in [3.63, 3.8) is 0 Å². The van der Waals surface area contributed by atoms with Gasteiger partial charge in [-0.3, -0.25) is 9.59 Å². The molecule has 35 heavy (non-hydrogen) atoms. The van der Waals surface area contributed by atoms with Gasteiger partial charge in [-0.1, -0.05) is 19.3 Å². The topological polar surface area (TPSA) is 76.7 Å². The van der Waals surface area contributed by atoms with Gasteiger partial charge >= 0.3 is 7.96 Å². The van der Waals surface area contributed by atoms with Gasteiger partial charge < -0.3 is 20.1 Å².